The zero-order valence-corrected chi connectivity index (χ0v) is 9.89. The third-order valence-electron chi connectivity index (χ3n) is 1.95. The molecule has 0 heterocycles. The van der Waals surface area contributed by atoms with Gasteiger partial charge in [-0.05, 0) is 27.7 Å². The lowest BCUT2D eigenvalue weighted by molar-refractivity contribution is 0.143. The Morgan fingerprint density at radius 1 is 1.43 bits per heavy atom. The van der Waals surface area contributed by atoms with Crippen molar-refractivity contribution in [3.8, 4) is 0 Å². The Hall–Kier alpha value is -0.770. The van der Waals surface area contributed by atoms with Crippen molar-refractivity contribution < 1.29 is 9.53 Å². The van der Waals surface area contributed by atoms with Crippen molar-refractivity contribution in [2.24, 2.45) is 0 Å². The second-order valence-corrected chi connectivity index (χ2v) is 4.14. The molecule has 0 radical (unpaired) electrons. The Bertz CT molecular complexity index is 175. The number of amides is 2. The Morgan fingerprint density at radius 2 is 2.00 bits per heavy atom. The van der Waals surface area contributed by atoms with Crippen LogP contribution in [0.15, 0.2) is 0 Å². The van der Waals surface area contributed by atoms with Crippen LogP contribution < -0.4 is 5.32 Å². The van der Waals surface area contributed by atoms with Gasteiger partial charge in [0.05, 0.1) is 6.61 Å². The zero-order valence-electron chi connectivity index (χ0n) is 9.89. The highest BCUT2D eigenvalue weighted by Gasteiger charge is 2.24. The van der Waals surface area contributed by atoms with Crippen molar-refractivity contribution in [3.05, 3.63) is 0 Å². The van der Waals surface area contributed by atoms with Gasteiger partial charge in [0.15, 0.2) is 0 Å². The van der Waals surface area contributed by atoms with E-state index in [-0.39, 0.29) is 11.6 Å². The van der Waals surface area contributed by atoms with E-state index >= 15 is 0 Å². The molecule has 0 aliphatic rings. The van der Waals surface area contributed by atoms with E-state index in [9.17, 15) is 4.79 Å². The fraction of sp³-hybridized carbons (Fsp3) is 0.900. The molecule has 14 heavy (non-hydrogen) atoms. The van der Waals surface area contributed by atoms with Gasteiger partial charge in [0.2, 0.25) is 0 Å². The summed E-state index contributed by atoms with van der Waals surface area (Å²) in [6, 6.07) is -0.0305. The summed E-state index contributed by atoms with van der Waals surface area (Å²) in [5, 5.41) is 2.80. The van der Waals surface area contributed by atoms with Crippen molar-refractivity contribution in [1.82, 2.24) is 10.2 Å². The number of hydrogen-bond donors (Lipinski definition) is 1. The molecule has 84 valence electrons. The fourth-order valence-electron chi connectivity index (χ4n) is 1.28. The maximum atomic E-state index is 11.7. The molecule has 0 aliphatic heterocycles. The van der Waals surface area contributed by atoms with Crippen LogP contribution in [0.3, 0.4) is 0 Å². The SMILES string of the molecule is CCN(C(=O)NCCOC)C(C)(C)C. The third kappa shape index (κ3) is 4.46. The molecule has 0 bridgehead atoms. The number of hydrogen-bond acceptors (Lipinski definition) is 2. The average Bonchev–Trinajstić information content (AvgIpc) is 2.03. The van der Waals surface area contributed by atoms with Gasteiger partial charge in [-0.2, -0.15) is 0 Å². The second kappa shape index (κ2) is 5.86. The van der Waals surface area contributed by atoms with Crippen LogP contribution in [0.4, 0.5) is 4.79 Å². The lowest BCUT2D eigenvalue weighted by atomic mass is 10.1. The predicted molar refractivity (Wildman–Crippen MR) is 57.4 cm³/mol. The van der Waals surface area contributed by atoms with Crippen LogP contribution in [0.1, 0.15) is 27.7 Å². The number of carbonyl (C=O) groups is 1. The quantitative estimate of drug-likeness (QED) is 0.701. The van der Waals surface area contributed by atoms with Crippen LogP contribution in [-0.4, -0.2) is 43.3 Å². The first-order valence-corrected chi connectivity index (χ1v) is 4.98. The Kier molecular flexibility index (Phi) is 5.53. The molecule has 4 nitrogen and oxygen atoms in total. The normalized spacial score (nSPS) is 11.2. The minimum Gasteiger partial charge on any atom is -0.383 e. The van der Waals surface area contributed by atoms with Crippen molar-refractivity contribution in [2.45, 2.75) is 33.2 Å². The van der Waals surface area contributed by atoms with Gasteiger partial charge in [0, 0.05) is 25.7 Å². The van der Waals surface area contributed by atoms with Crippen molar-refractivity contribution >= 4 is 6.03 Å². The topological polar surface area (TPSA) is 41.6 Å². The lowest BCUT2D eigenvalue weighted by Gasteiger charge is -2.34. The van der Waals surface area contributed by atoms with Gasteiger partial charge in [-0.1, -0.05) is 0 Å². The standard InChI is InChI=1S/C10H22N2O2/c1-6-12(10(2,3)4)9(13)11-7-8-14-5/h6-8H2,1-5H3,(H,11,13). The molecule has 4 heteroatoms. The van der Waals surface area contributed by atoms with Crippen LogP contribution in [0.25, 0.3) is 0 Å². The summed E-state index contributed by atoms with van der Waals surface area (Å²) in [5.74, 6) is 0. The third-order valence-corrected chi connectivity index (χ3v) is 1.95. The van der Waals surface area contributed by atoms with E-state index in [1.54, 1.807) is 12.0 Å². The Balaban J connectivity index is 4.06. The minimum atomic E-state index is -0.133. The first kappa shape index (κ1) is 13.2. The van der Waals surface area contributed by atoms with E-state index in [4.69, 9.17) is 4.74 Å². The number of carbonyl (C=O) groups excluding carboxylic acids is 1. The number of nitrogens with zero attached hydrogens (tertiary/aromatic N) is 1. The van der Waals surface area contributed by atoms with Gasteiger partial charge >= 0.3 is 6.03 Å². The molecule has 2 amide bonds. The van der Waals surface area contributed by atoms with E-state index in [0.29, 0.717) is 19.7 Å². The van der Waals surface area contributed by atoms with Gasteiger partial charge in [-0.3, -0.25) is 0 Å². The van der Waals surface area contributed by atoms with E-state index in [2.05, 4.69) is 5.32 Å². The van der Waals surface area contributed by atoms with Gasteiger partial charge in [-0.25, -0.2) is 4.79 Å². The van der Waals surface area contributed by atoms with E-state index < -0.39 is 0 Å². The van der Waals surface area contributed by atoms with Gasteiger partial charge in [0.25, 0.3) is 0 Å². The highest BCUT2D eigenvalue weighted by atomic mass is 16.5. The monoisotopic (exact) mass is 202 g/mol. The van der Waals surface area contributed by atoms with Gasteiger partial charge in [0.1, 0.15) is 0 Å². The molecule has 0 aliphatic carbocycles. The maximum absolute atomic E-state index is 11.7. The summed E-state index contributed by atoms with van der Waals surface area (Å²) in [7, 11) is 1.62. The largest absolute Gasteiger partial charge is 0.383 e. The maximum Gasteiger partial charge on any atom is 0.317 e. The molecule has 0 fully saturated rings. The van der Waals surface area contributed by atoms with Crippen molar-refractivity contribution in [1.29, 1.82) is 0 Å². The number of methoxy groups -OCH3 is 1. The molecule has 0 rings (SSSR count). The fourth-order valence-corrected chi connectivity index (χ4v) is 1.28. The summed E-state index contributed by atoms with van der Waals surface area (Å²) in [6.45, 7) is 9.85. The molecular formula is C10H22N2O2. The molecule has 0 aromatic heterocycles. The van der Waals surface area contributed by atoms with Gasteiger partial charge < -0.3 is 15.0 Å². The summed E-state index contributed by atoms with van der Waals surface area (Å²) in [5.41, 5.74) is -0.133. The number of rotatable bonds is 4. The smallest absolute Gasteiger partial charge is 0.317 e. The van der Waals surface area contributed by atoms with E-state index in [0.717, 1.165) is 0 Å². The second-order valence-electron chi connectivity index (χ2n) is 4.14. The summed E-state index contributed by atoms with van der Waals surface area (Å²) in [6.07, 6.45) is 0. The predicted octanol–water partition coefficient (Wildman–Crippen LogP) is 1.46. The molecule has 0 saturated carbocycles. The average molecular weight is 202 g/mol. The molecule has 0 spiro atoms. The Morgan fingerprint density at radius 3 is 2.36 bits per heavy atom. The van der Waals surface area contributed by atoms with E-state index in [1.165, 1.54) is 0 Å². The number of urea groups is 1. The Labute approximate surface area is 86.6 Å². The van der Waals surface area contributed by atoms with E-state index in [1.807, 2.05) is 27.7 Å². The lowest BCUT2D eigenvalue weighted by Crippen LogP contribution is -2.50. The molecular weight excluding hydrogens is 180 g/mol. The summed E-state index contributed by atoms with van der Waals surface area (Å²) < 4.78 is 4.86. The van der Waals surface area contributed by atoms with Crippen LogP contribution in [-0.2, 0) is 4.74 Å². The van der Waals surface area contributed by atoms with Gasteiger partial charge in [-0.15, -0.1) is 0 Å². The van der Waals surface area contributed by atoms with Crippen molar-refractivity contribution in [2.75, 3.05) is 26.8 Å². The highest BCUT2D eigenvalue weighted by Crippen LogP contribution is 2.12. The summed E-state index contributed by atoms with van der Waals surface area (Å²) in [4.78, 5) is 13.4. The molecule has 0 aromatic carbocycles. The first-order chi connectivity index (χ1) is 6.43. The first-order valence-electron chi connectivity index (χ1n) is 4.98. The van der Waals surface area contributed by atoms with Crippen molar-refractivity contribution in [3.63, 3.8) is 0 Å². The highest BCUT2D eigenvalue weighted by molar-refractivity contribution is 5.74. The number of nitrogens with one attached hydrogen (secondary N) is 1. The van der Waals surface area contributed by atoms with Crippen LogP contribution in [0.5, 0.6) is 0 Å². The summed E-state index contributed by atoms with van der Waals surface area (Å²) >= 11 is 0. The van der Waals surface area contributed by atoms with Crippen LogP contribution in [0, 0.1) is 0 Å². The molecule has 0 saturated heterocycles. The molecule has 0 atom stereocenters. The van der Waals surface area contributed by atoms with Crippen LogP contribution in [0.2, 0.25) is 0 Å². The van der Waals surface area contributed by atoms with Crippen LogP contribution >= 0.6 is 0 Å². The molecule has 0 aromatic rings. The zero-order chi connectivity index (χ0) is 11.2. The molecule has 0 unspecified atom stereocenters. The molecule has 1 N–H and O–H groups in total. The minimum absolute atomic E-state index is 0.0305. The number of ether oxygens (including phenoxy) is 1.